The van der Waals surface area contributed by atoms with Crippen LogP contribution in [0.15, 0.2) is 36.5 Å². The van der Waals surface area contributed by atoms with Gasteiger partial charge in [0.05, 0.1) is 12.8 Å². The molecule has 1 aromatic carbocycles. The molecule has 0 unspecified atom stereocenters. The number of ether oxygens (including phenoxy) is 1. The number of nitrogens with one attached hydrogen (secondary N) is 2. The smallest absolute Gasteiger partial charge is 0.256 e. The Kier molecular flexibility index (Phi) is 5.93. The topological polar surface area (TPSA) is 93.0 Å². The van der Waals surface area contributed by atoms with Crippen LogP contribution in [-0.2, 0) is 0 Å². The maximum Gasteiger partial charge on any atom is 0.256 e. The van der Waals surface area contributed by atoms with E-state index >= 15 is 0 Å². The molecule has 1 saturated carbocycles. The molecule has 0 atom stereocenters. The van der Waals surface area contributed by atoms with E-state index in [0.717, 1.165) is 37.5 Å². The highest BCUT2D eigenvalue weighted by Gasteiger charge is 2.22. The number of rotatable bonds is 7. The number of benzene rings is 1. The summed E-state index contributed by atoms with van der Waals surface area (Å²) in [5, 5.41) is 9.33. The summed E-state index contributed by atoms with van der Waals surface area (Å²) < 4.78 is 5.79. The van der Waals surface area contributed by atoms with Gasteiger partial charge >= 0.3 is 0 Å². The normalized spacial score (nSPS) is 20.2. The molecule has 0 spiro atoms. The summed E-state index contributed by atoms with van der Waals surface area (Å²) in [4.78, 5) is 12.0. The van der Waals surface area contributed by atoms with E-state index in [0.29, 0.717) is 23.8 Å². The molecule has 1 amide bonds. The summed E-state index contributed by atoms with van der Waals surface area (Å²) in [5.41, 5.74) is 6.09. The molecule has 4 N–H and O–H groups in total. The first kappa shape index (κ1) is 17.3. The van der Waals surface area contributed by atoms with E-state index in [1.165, 1.54) is 19.0 Å². The van der Waals surface area contributed by atoms with Crippen molar-refractivity contribution < 1.29 is 9.53 Å². The van der Waals surface area contributed by atoms with E-state index in [2.05, 4.69) is 15.5 Å². The molecule has 25 heavy (non-hydrogen) atoms. The predicted octanol–water partition coefficient (Wildman–Crippen LogP) is 3.00. The highest BCUT2D eigenvalue weighted by molar-refractivity contribution is 5.98. The van der Waals surface area contributed by atoms with Crippen LogP contribution in [0.5, 0.6) is 5.75 Å². The highest BCUT2D eigenvalue weighted by atomic mass is 16.5. The van der Waals surface area contributed by atoms with E-state index in [-0.39, 0.29) is 5.91 Å². The molecule has 1 heterocycles. The van der Waals surface area contributed by atoms with Crippen molar-refractivity contribution in [1.29, 1.82) is 0 Å². The molecular formula is C19H26N4O2. The first-order valence-corrected chi connectivity index (χ1v) is 8.97. The average Bonchev–Trinajstić information content (AvgIpc) is 3.08. The maximum atomic E-state index is 12.0. The van der Waals surface area contributed by atoms with Gasteiger partial charge in [-0.25, -0.2) is 0 Å². The fourth-order valence-corrected chi connectivity index (χ4v) is 3.39. The van der Waals surface area contributed by atoms with Crippen molar-refractivity contribution in [3.63, 3.8) is 0 Å². The molecule has 6 nitrogen and oxygen atoms in total. The first-order chi connectivity index (χ1) is 12.2. The largest absolute Gasteiger partial charge is 0.494 e. The Morgan fingerprint density at radius 3 is 2.60 bits per heavy atom. The van der Waals surface area contributed by atoms with Crippen molar-refractivity contribution in [2.24, 2.45) is 11.8 Å². The number of nitrogen functional groups attached to an aromatic ring is 1. The lowest BCUT2D eigenvalue weighted by Crippen LogP contribution is -2.31. The number of hydrogen-bond donors (Lipinski definition) is 3. The Morgan fingerprint density at radius 2 is 1.92 bits per heavy atom. The number of carbonyl (C=O) groups excluding carboxylic acids is 1. The highest BCUT2D eigenvalue weighted by Crippen LogP contribution is 2.30. The van der Waals surface area contributed by atoms with Crippen molar-refractivity contribution in [3.05, 3.63) is 42.1 Å². The molecular weight excluding hydrogens is 316 g/mol. The molecule has 1 aliphatic rings. The Labute approximate surface area is 148 Å². The predicted molar refractivity (Wildman–Crippen MR) is 97.3 cm³/mol. The lowest BCUT2D eigenvalue weighted by molar-refractivity contribution is 0.0941. The minimum atomic E-state index is -0.148. The molecule has 1 aliphatic carbocycles. The first-order valence-electron chi connectivity index (χ1n) is 8.97. The molecule has 0 bridgehead atoms. The van der Waals surface area contributed by atoms with Crippen LogP contribution in [0.3, 0.4) is 0 Å². The Morgan fingerprint density at radius 1 is 1.20 bits per heavy atom. The Balaban J connectivity index is 1.32. The molecule has 0 saturated heterocycles. The third kappa shape index (κ3) is 4.98. The third-order valence-electron chi connectivity index (χ3n) is 4.97. The van der Waals surface area contributed by atoms with Gasteiger partial charge in [0.2, 0.25) is 0 Å². The minimum absolute atomic E-state index is 0.148. The van der Waals surface area contributed by atoms with Crippen molar-refractivity contribution in [2.45, 2.75) is 32.1 Å². The molecule has 2 aromatic rings. The number of carbonyl (C=O) groups is 1. The van der Waals surface area contributed by atoms with Crippen LogP contribution in [0.2, 0.25) is 0 Å². The van der Waals surface area contributed by atoms with E-state index in [9.17, 15) is 4.79 Å². The zero-order valence-corrected chi connectivity index (χ0v) is 14.4. The van der Waals surface area contributed by atoms with Gasteiger partial charge in [-0.1, -0.05) is 18.2 Å². The zero-order chi connectivity index (χ0) is 17.5. The van der Waals surface area contributed by atoms with Gasteiger partial charge in [-0.2, -0.15) is 5.10 Å². The monoisotopic (exact) mass is 342 g/mol. The van der Waals surface area contributed by atoms with Gasteiger partial charge in [-0.15, -0.1) is 0 Å². The molecule has 6 heteroatoms. The third-order valence-corrected chi connectivity index (χ3v) is 4.97. The van der Waals surface area contributed by atoms with E-state index in [1.807, 2.05) is 30.3 Å². The number of H-pyrrole nitrogens is 1. The standard InChI is InChI=1S/C19H26N4O2/c20-18-17(13-22-23-18)19(24)21-12-15-8-6-14(7-9-15)10-11-25-16-4-2-1-3-5-16/h1-5,13-15H,6-12H2,(H,21,24)(H3,20,22,23). The van der Waals surface area contributed by atoms with Crippen LogP contribution >= 0.6 is 0 Å². The summed E-state index contributed by atoms with van der Waals surface area (Å²) in [6.45, 7) is 1.48. The van der Waals surface area contributed by atoms with Crippen molar-refractivity contribution in [2.75, 3.05) is 18.9 Å². The molecule has 0 radical (unpaired) electrons. The van der Waals surface area contributed by atoms with Gasteiger partial charge in [-0.3, -0.25) is 9.89 Å². The van der Waals surface area contributed by atoms with Gasteiger partial charge in [0.1, 0.15) is 17.1 Å². The fourth-order valence-electron chi connectivity index (χ4n) is 3.39. The van der Waals surface area contributed by atoms with Crippen LogP contribution in [0.1, 0.15) is 42.5 Å². The quantitative estimate of drug-likeness (QED) is 0.721. The average molecular weight is 342 g/mol. The van der Waals surface area contributed by atoms with E-state index in [4.69, 9.17) is 10.5 Å². The summed E-state index contributed by atoms with van der Waals surface area (Å²) in [6.07, 6.45) is 7.27. The van der Waals surface area contributed by atoms with Crippen LogP contribution in [-0.4, -0.2) is 29.3 Å². The van der Waals surface area contributed by atoms with Crippen molar-refractivity contribution in [3.8, 4) is 5.75 Å². The number of anilines is 1. The molecule has 0 aliphatic heterocycles. The minimum Gasteiger partial charge on any atom is -0.494 e. The van der Waals surface area contributed by atoms with Crippen LogP contribution in [0, 0.1) is 11.8 Å². The lowest BCUT2D eigenvalue weighted by Gasteiger charge is -2.28. The van der Waals surface area contributed by atoms with Gasteiger partial charge in [0.15, 0.2) is 0 Å². The van der Waals surface area contributed by atoms with Gasteiger partial charge in [-0.05, 0) is 56.1 Å². The molecule has 1 fully saturated rings. The van der Waals surface area contributed by atoms with Gasteiger partial charge in [0, 0.05) is 6.54 Å². The second-order valence-corrected chi connectivity index (χ2v) is 6.74. The number of para-hydroxylation sites is 1. The van der Waals surface area contributed by atoms with Crippen LogP contribution < -0.4 is 15.8 Å². The lowest BCUT2D eigenvalue weighted by atomic mass is 9.80. The van der Waals surface area contributed by atoms with E-state index < -0.39 is 0 Å². The fraction of sp³-hybridized carbons (Fsp3) is 0.474. The van der Waals surface area contributed by atoms with Crippen LogP contribution in [0.25, 0.3) is 0 Å². The zero-order valence-electron chi connectivity index (χ0n) is 14.4. The number of nitrogens with zero attached hydrogens (tertiary/aromatic N) is 1. The van der Waals surface area contributed by atoms with Gasteiger partial charge in [0.25, 0.3) is 5.91 Å². The van der Waals surface area contributed by atoms with Gasteiger partial charge < -0.3 is 15.8 Å². The number of amides is 1. The van der Waals surface area contributed by atoms with Crippen molar-refractivity contribution in [1.82, 2.24) is 15.5 Å². The van der Waals surface area contributed by atoms with Crippen molar-refractivity contribution >= 4 is 11.7 Å². The summed E-state index contributed by atoms with van der Waals surface area (Å²) in [7, 11) is 0. The number of aromatic amines is 1. The Hall–Kier alpha value is -2.50. The van der Waals surface area contributed by atoms with Crippen LogP contribution in [0.4, 0.5) is 5.82 Å². The number of aromatic nitrogens is 2. The number of hydrogen-bond acceptors (Lipinski definition) is 4. The maximum absolute atomic E-state index is 12.0. The molecule has 134 valence electrons. The second-order valence-electron chi connectivity index (χ2n) is 6.74. The number of nitrogens with two attached hydrogens (primary N) is 1. The summed E-state index contributed by atoms with van der Waals surface area (Å²) >= 11 is 0. The molecule has 1 aromatic heterocycles. The SMILES string of the molecule is Nc1[nH]ncc1C(=O)NCC1CCC(CCOc2ccccc2)CC1. The summed E-state index contributed by atoms with van der Waals surface area (Å²) in [6, 6.07) is 9.96. The summed E-state index contributed by atoms with van der Waals surface area (Å²) in [5.74, 6) is 2.38. The molecule has 3 rings (SSSR count). The second kappa shape index (κ2) is 8.55. The Bertz CT molecular complexity index is 663. The van der Waals surface area contributed by atoms with E-state index in [1.54, 1.807) is 0 Å².